The summed E-state index contributed by atoms with van der Waals surface area (Å²) in [6, 6.07) is 10.8. The van der Waals surface area contributed by atoms with E-state index < -0.39 is 0 Å². The Balaban J connectivity index is 1.69. The smallest absolute Gasteiger partial charge is 0.251 e. The number of hydrogen-bond acceptors (Lipinski definition) is 4. The first-order valence-corrected chi connectivity index (χ1v) is 6.50. The van der Waals surface area contributed by atoms with Crippen LogP contribution in [0.1, 0.15) is 15.9 Å². The summed E-state index contributed by atoms with van der Waals surface area (Å²) in [5.74, 6) is 0.575. The molecule has 0 radical (unpaired) electrons. The van der Waals surface area contributed by atoms with Crippen LogP contribution >= 0.6 is 0 Å². The third-order valence-corrected chi connectivity index (χ3v) is 2.99. The topological polar surface area (TPSA) is 68.0 Å². The lowest BCUT2D eigenvalue weighted by atomic mass is 10.2. The number of nitrogens with zero attached hydrogens (tertiary/aromatic N) is 2. The average Bonchev–Trinajstić information content (AvgIpc) is 3.08. The summed E-state index contributed by atoms with van der Waals surface area (Å²) >= 11 is 0. The molecule has 5 nitrogen and oxygen atoms in total. The second kappa shape index (κ2) is 6.00. The van der Waals surface area contributed by atoms with Crippen LogP contribution < -0.4 is 5.32 Å². The van der Waals surface area contributed by atoms with Gasteiger partial charge in [-0.15, -0.1) is 0 Å². The fraction of sp³-hybridized carbons (Fsp3) is 0.0625. The Labute approximate surface area is 121 Å². The van der Waals surface area contributed by atoms with Crippen molar-refractivity contribution in [3.63, 3.8) is 0 Å². The van der Waals surface area contributed by atoms with Crippen molar-refractivity contribution in [3.05, 3.63) is 72.4 Å². The van der Waals surface area contributed by atoms with Crippen LogP contribution in [0, 0.1) is 0 Å². The van der Waals surface area contributed by atoms with Crippen LogP contribution in [-0.2, 0) is 6.54 Å². The van der Waals surface area contributed by atoms with Crippen molar-refractivity contribution in [2.45, 2.75) is 6.54 Å². The van der Waals surface area contributed by atoms with Crippen molar-refractivity contribution in [2.75, 3.05) is 0 Å². The predicted molar refractivity (Wildman–Crippen MR) is 77.3 cm³/mol. The lowest BCUT2D eigenvalue weighted by molar-refractivity contribution is 0.0951. The van der Waals surface area contributed by atoms with Crippen LogP contribution in [0.4, 0.5) is 0 Å². The monoisotopic (exact) mass is 279 g/mol. The van der Waals surface area contributed by atoms with E-state index in [2.05, 4.69) is 15.3 Å². The number of amides is 1. The lowest BCUT2D eigenvalue weighted by Gasteiger charge is -2.06. The van der Waals surface area contributed by atoms with Crippen molar-refractivity contribution >= 4 is 5.91 Å². The standard InChI is InChI=1S/C16H13N3O2/c20-16(13-4-6-17-7-5-13)19-11-12-3-8-18-14(10-12)15-2-1-9-21-15/h1-10H,11H2,(H,19,20). The first-order chi connectivity index (χ1) is 10.3. The number of nitrogens with one attached hydrogen (secondary N) is 1. The van der Waals surface area contributed by atoms with Gasteiger partial charge in [-0.25, -0.2) is 0 Å². The number of rotatable bonds is 4. The molecule has 0 aliphatic heterocycles. The maximum atomic E-state index is 12.0. The van der Waals surface area contributed by atoms with Gasteiger partial charge in [0.2, 0.25) is 0 Å². The van der Waals surface area contributed by atoms with Crippen molar-refractivity contribution in [1.82, 2.24) is 15.3 Å². The minimum absolute atomic E-state index is 0.131. The molecule has 104 valence electrons. The predicted octanol–water partition coefficient (Wildman–Crippen LogP) is 2.67. The summed E-state index contributed by atoms with van der Waals surface area (Å²) in [5.41, 5.74) is 2.29. The van der Waals surface area contributed by atoms with Gasteiger partial charge in [0.25, 0.3) is 5.91 Å². The van der Waals surface area contributed by atoms with Crippen LogP contribution in [0.2, 0.25) is 0 Å². The summed E-state index contributed by atoms with van der Waals surface area (Å²) < 4.78 is 5.31. The molecule has 0 atom stereocenters. The molecule has 3 aromatic rings. The Hall–Kier alpha value is -2.95. The van der Waals surface area contributed by atoms with Gasteiger partial charge in [-0.1, -0.05) is 0 Å². The molecule has 0 unspecified atom stereocenters. The fourth-order valence-electron chi connectivity index (χ4n) is 1.93. The number of furan rings is 1. The average molecular weight is 279 g/mol. The molecule has 0 aliphatic carbocycles. The molecule has 0 aromatic carbocycles. The van der Waals surface area contributed by atoms with Gasteiger partial charge in [0.1, 0.15) is 5.69 Å². The fourth-order valence-corrected chi connectivity index (χ4v) is 1.93. The van der Waals surface area contributed by atoms with E-state index in [0.717, 1.165) is 11.3 Å². The summed E-state index contributed by atoms with van der Waals surface area (Å²) in [7, 11) is 0. The third-order valence-electron chi connectivity index (χ3n) is 2.99. The number of carbonyl (C=O) groups is 1. The van der Waals surface area contributed by atoms with E-state index in [-0.39, 0.29) is 5.91 Å². The molecule has 1 amide bonds. The minimum atomic E-state index is -0.131. The highest BCUT2D eigenvalue weighted by Crippen LogP contribution is 2.17. The zero-order valence-corrected chi connectivity index (χ0v) is 11.2. The molecule has 3 rings (SSSR count). The summed E-state index contributed by atoms with van der Waals surface area (Å²) in [6.45, 7) is 0.428. The highest BCUT2D eigenvalue weighted by Gasteiger charge is 2.06. The van der Waals surface area contributed by atoms with E-state index in [0.29, 0.717) is 17.9 Å². The Morgan fingerprint density at radius 2 is 2.00 bits per heavy atom. The first kappa shape index (κ1) is 13.1. The van der Waals surface area contributed by atoms with Crippen molar-refractivity contribution in [2.24, 2.45) is 0 Å². The molecule has 0 fully saturated rings. The van der Waals surface area contributed by atoms with Gasteiger partial charge >= 0.3 is 0 Å². The molecule has 3 aromatic heterocycles. The highest BCUT2D eigenvalue weighted by molar-refractivity contribution is 5.93. The molecule has 21 heavy (non-hydrogen) atoms. The van der Waals surface area contributed by atoms with Crippen LogP contribution in [-0.4, -0.2) is 15.9 Å². The first-order valence-electron chi connectivity index (χ1n) is 6.50. The second-order valence-corrected chi connectivity index (χ2v) is 4.45. The number of aromatic nitrogens is 2. The maximum Gasteiger partial charge on any atom is 0.251 e. The van der Waals surface area contributed by atoms with E-state index in [1.165, 1.54) is 0 Å². The largest absolute Gasteiger partial charge is 0.463 e. The van der Waals surface area contributed by atoms with Gasteiger partial charge in [0.05, 0.1) is 6.26 Å². The molecule has 5 heteroatoms. The second-order valence-electron chi connectivity index (χ2n) is 4.45. The Morgan fingerprint density at radius 1 is 1.14 bits per heavy atom. The normalized spacial score (nSPS) is 10.3. The van der Waals surface area contributed by atoms with Gasteiger partial charge in [-0.2, -0.15) is 0 Å². The van der Waals surface area contributed by atoms with E-state index in [1.54, 1.807) is 37.0 Å². The number of pyridine rings is 2. The van der Waals surface area contributed by atoms with Gasteiger partial charge in [-0.3, -0.25) is 14.8 Å². The molecular weight excluding hydrogens is 266 g/mol. The zero-order chi connectivity index (χ0) is 14.5. The van der Waals surface area contributed by atoms with Crippen LogP contribution in [0.25, 0.3) is 11.5 Å². The Bertz CT molecular complexity index is 724. The third kappa shape index (κ3) is 3.14. The van der Waals surface area contributed by atoms with E-state index in [9.17, 15) is 4.79 Å². The summed E-state index contributed by atoms with van der Waals surface area (Å²) in [5, 5.41) is 2.86. The molecule has 1 N–H and O–H groups in total. The van der Waals surface area contributed by atoms with Crippen LogP contribution in [0.5, 0.6) is 0 Å². The van der Waals surface area contributed by atoms with Crippen LogP contribution in [0.15, 0.2) is 65.7 Å². The number of hydrogen-bond donors (Lipinski definition) is 1. The van der Waals surface area contributed by atoms with Gasteiger partial charge < -0.3 is 9.73 Å². The highest BCUT2D eigenvalue weighted by atomic mass is 16.3. The zero-order valence-electron chi connectivity index (χ0n) is 11.2. The summed E-state index contributed by atoms with van der Waals surface area (Å²) in [6.07, 6.45) is 6.49. The van der Waals surface area contributed by atoms with E-state index in [1.807, 2.05) is 24.3 Å². The van der Waals surface area contributed by atoms with Gasteiger partial charge in [-0.05, 0) is 42.0 Å². The molecule has 0 bridgehead atoms. The van der Waals surface area contributed by atoms with Crippen molar-refractivity contribution in [1.29, 1.82) is 0 Å². The Morgan fingerprint density at radius 3 is 2.76 bits per heavy atom. The molecule has 0 spiro atoms. The van der Waals surface area contributed by atoms with E-state index in [4.69, 9.17) is 4.42 Å². The van der Waals surface area contributed by atoms with E-state index >= 15 is 0 Å². The van der Waals surface area contributed by atoms with Crippen molar-refractivity contribution in [3.8, 4) is 11.5 Å². The molecule has 0 aliphatic rings. The number of carbonyl (C=O) groups excluding carboxylic acids is 1. The molecule has 0 saturated heterocycles. The van der Waals surface area contributed by atoms with Crippen LogP contribution in [0.3, 0.4) is 0 Å². The Kier molecular flexibility index (Phi) is 3.73. The SMILES string of the molecule is O=C(NCc1ccnc(-c2ccco2)c1)c1ccncc1. The van der Waals surface area contributed by atoms with Gasteiger partial charge in [0, 0.05) is 30.7 Å². The molecule has 3 heterocycles. The minimum Gasteiger partial charge on any atom is -0.463 e. The van der Waals surface area contributed by atoms with Crippen molar-refractivity contribution < 1.29 is 9.21 Å². The quantitative estimate of drug-likeness (QED) is 0.797. The lowest BCUT2D eigenvalue weighted by Crippen LogP contribution is -2.22. The summed E-state index contributed by atoms with van der Waals surface area (Å²) in [4.78, 5) is 20.1. The molecule has 0 saturated carbocycles. The maximum absolute atomic E-state index is 12.0. The van der Waals surface area contributed by atoms with Gasteiger partial charge in [0.15, 0.2) is 5.76 Å². The molecular formula is C16H13N3O2.